The first-order valence-corrected chi connectivity index (χ1v) is 10.0. The zero-order chi connectivity index (χ0) is 15.6. The summed E-state index contributed by atoms with van der Waals surface area (Å²) in [5.41, 5.74) is 0.957. The third kappa shape index (κ3) is 3.62. The van der Waals surface area contributed by atoms with Crippen molar-refractivity contribution in [1.29, 1.82) is 0 Å². The van der Waals surface area contributed by atoms with Gasteiger partial charge >= 0.3 is 0 Å². The lowest BCUT2D eigenvalue weighted by atomic mass is 10.2. The highest BCUT2D eigenvalue weighted by Crippen LogP contribution is 2.30. The number of rotatable bonds is 6. The molecule has 0 spiro atoms. The highest BCUT2D eigenvalue weighted by Gasteiger charge is 2.30. The van der Waals surface area contributed by atoms with Crippen LogP contribution in [0.15, 0.2) is 10.3 Å². The first-order chi connectivity index (χ1) is 9.90. The van der Waals surface area contributed by atoms with Crippen molar-refractivity contribution in [3.05, 3.63) is 16.5 Å². The summed E-state index contributed by atoms with van der Waals surface area (Å²) in [6, 6.07) is 2.07. The summed E-state index contributed by atoms with van der Waals surface area (Å²) in [5, 5.41) is 0. The molecule has 1 aliphatic heterocycles. The second-order valence-corrected chi connectivity index (χ2v) is 9.19. The molecule has 21 heavy (non-hydrogen) atoms. The smallest absolute Gasteiger partial charge is 0.252 e. The van der Waals surface area contributed by atoms with Crippen molar-refractivity contribution >= 4 is 33.0 Å². The average Bonchev–Trinajstić information content (AvgIpc) is 3.04. The van der Waals surface area contributed by atoms with Crippen molar-refractivity contribution in [2.24, 2.45) is 0 Å². The van der Waals surface area contributed by atoms with Crippen LogP contribution in [0.4, 0.5) is 0 Å². The lowest BCUT2D eigenvalue weighted by molar-refractivity contribution is 0.238. The van der Waals surface area contributed by atoms with Crippen LogP contribution in [-0.2, 0) is 15.9 Å². The minimum atomic E-state index is -3.40. The molecule has 0 amide bonds. The minimum absolute atomic E-state index is 0.336. The lowest BCUT2D eigenvalue weighted by Gasteiger charge is -2.27. The van der Waals surface area contributed by atoms with E-state index in [-0.39, 0.29) is 0 Å². The number of hydrogen-bond donors (Lipinski definition) is 0. The molecule has 1 aromatic rings. The number of thiophene rings is 1. The molecule has 1 atom stereocenters. The maximum absolute atomic E-state index is 12.7. The van der Waals surface area contributed by atoms with Crippen LogP contribution in [-0.4, -0.2) is 50.3 Å². The van der Waals surface area contributed by atoms with Gasteiger partial charge in [-0.05, 0) is 44.5 Å². The van der Waals surface area contributed by atoms with Crippen molar-refractivity contribution < 1.29 is 8.42 Å². The van der Waals surface area contributed by atoms with E-state index in [9.17, 15) is 8.42 Å². The summed E-state index contributed by atoms with van der Waals surface area (Å²) in [6.45, 7) is 6.64. The number of halogens is 1. The molecule has 1 unspecified atom stereocenters. The summed E-state index contributed by atoms with van der Waals surface area (Å²) in [7, 11) is -1.73. The molecule has 4 nitrogen and oxygen atoms in total. The van der Waals surface area contributed by atoms with Gasteiger partial charge in [0.05, 0.1) is 5.88 Å². The molecule has 2 heterocycles. The van der Waals surface area contributed by atoms with Gasteiger partial charge in [-0.15, -0.1) is 22.9 Å². The van der Waals surface area contributed by atoms with Gasteiger partial charge in [0, 0.05) is 24.5 Å². The zero-order valence-electron chi connectivity index (χ0n) is 12.8. The van der Waals surface area contributed by atoms with Crippen molar-refractivity contribution in [3.8, 4) is 0 Å². The molecule has 0 saturated carbocycles. The van der Waals surface area contributed by atoms with Crippen molar-refractivity contribution in [2.75, 3.05) is 26.7 Å². The lowest BCUT2D eigenvalue weighted by Crippen LogP contribution is -2.40. The molecule has 0 aliphatic carbocycles. The standard InChI is InChI=1S/C14H23ClN2O2S2/c1-4-17-7-5-6-12(17)10-16(3)21(18,19)14-8-11(2)13(9-15)20-14/h8,12H,4-7,9-10H2,1-3H3. The Morgan fingerprint density at radius 3 is 2.81 bits per heavy atom. The molecule has 0 N–H and O–H groups in total. The first-order valence-electron chi connectivity index (χ1n) is 7.25. The summed E-state index contributed by atoms with van der Waals surface area (Å²) in [4.78, 5) is 3.29. The van der Waals surface area contributed by atoms with Gasteiger partial charge in [0.25, 0.3) is 10.0 Å². The number of likely N-dealkylation sites (tertiary alicyclic amines) is 1. The third-order valence-electron chi connectivity index (χ3n) is 4.16. The van der Waals surface area contributed by atoms with Gasteiger partial charge < -0.3 is 0 Å². The Hall–Kier alpha value is -0.140. The quantitative estimate of drug-likeness (QED) is 0.741. The van der Waals surface area contributed by atoms with E-state index in [1.165, 1.54) is 15.6 Å². The summed E-state index contributed by atoms with van der Waals surface area (Å²) in [5.74, 6) is 0.363. The van der Waals surface area contributed by atoms with Crippen LogP contribution in [0.25, 0.3) is 0 Å². The Kier molecular flexibility index (Phi) is 5.71. The number of aryl methyl sites for hydroxylation is 1. The minimum Gasteiger partial charge on any atom is -0.299 e. The Labute approximate surface area is 136 Å². The van der Waals surface area contributed by atoms with Crippen LogP contribution in [0, 0.1) is 6.92 Å². The number of alkyl halides is 1. The van der Waals surface area contributed by atoms with Crippen LogP contribution in [0.3, 0.4) is 0 Å². The van der Waals surface area contributed by atoms with Gasteiger partial charge in [-0.2, -0.15) is 4.31 Å². The van der Waals surface area contributed by atoms with Crippen LogP contribution in [0.2, 0.25) is 0 Å². The first kappa shape index (κ1) is 17.2. The van der Waals surface area contributed by atoms with Gasteiger partial charge in [0.1, 0.15) is 4.21 Å². The van der Waals surface area contributed by atoms with E-state index in [1.54, 1.807) is 13.1 Å². The monoisotopic (exact) mass is 350 g/mol. The summed E-state index contributed by atoms with van der Waals surface area (Å²) < 4.78 is 27.2. The molecule has 120 valence electrons. The zero-order valence-corrected chi connectivity index (χ0v) is 15.2. The van der Waals surface area contributed by atoms with Gasteiger partial charge in [0.2, 0.25) is 0 Å². The molecule has 1 fully saturated rings. The van der Waals surface area contributed by atoms with E-state index in [1.807, 2.05) is 6.92 Å². The van der Waals surface area contributed by atoms with Crippen molar-refractivity contribution in [2.45, 2.75) is 42.8 Å². The highest BCUT2D eigenvalue weighted by atomic mass is 35.5. The van der Waals surface area contributed by atoms with E-state index in [4.69, 9.17) is 11.6 Å². The Morgan fingerprint density at radius 1 is 1.52 bits per heavy atom. The van der Waals surface area contributed by atoms with Gasteiger partial charge in [-0.25, -0.2) is 8.42 Å². The fraction of sp³-hybridized carbons (Fsp3) is 0.714. The fourth-order valence-corrected chi connectivity index (χ4v) is 6.05. The van der Waals surface area contributed by atoms with E-state index in [2.05, 4.69) is 11.8 Å². The average molecular weight is 351 g/mol. The predicted molar refractivity (Wildman–Crippen MR) is 88.7 cm³/mol. The maximum Gasteiger partial charge on any atom is 0.252 e. The molecular formula is C14H23ClN2O2S2. The number of nitrogens with zero attached hydrogens (tertiary/aromatic N) is 2. The number of sulfonamides is 1. The highest BCUT2D eigenvalue weighted by molar-refractivity contribution is 7.91. The molecule has 0 radical (unpaired) electrons. The summed E-state index contributed by atoms with van der Waals surface area (Å²) in [6.07, 6.45) is 2.23. The molecule has 1 aliphatic rings. The van der Waals surface area contributed by atoms with Crippen molar-refractivity contribution in [3.63, 3.8) is 0 Å². The molecular weight excluding hydrogens is 328 g/mol. The molecule has 2 rings (SSSR count). The van der Waals surface area contributed by atoms with Gasteiger partial charge in [-0.1, -0.05) is 6.92 Å². The Bertz CT molecular complexity index is 586. The van der Waals surface area contributed by atoms with E-state index < -0.39 is 10.0 Å². The largest absolute Gasteiger partial charge is 0.299 e. The van der Waals surface area contributed by atoms with E-state index in [0.29, 0.717) is 22.7 Å². The molecule has 0 aromatic carbocycles. The topological polar surface area (TPSA) is 40.6 Å². The summed E-state index contributed by atoms with van der Waals surface area (Å²) >= 11 is 7.13. The SMILES string of the molecule is CCN1CCCC1CN(C)S(=O)(=O)c1cc(C)c(CCl)s1. The second kappa shape index (κ2) is 6.96. The second-order valence-electron chi connectivity index (χ2n) is 5.52. The number of likely N-dealkylation sites (N-methyl/N-ethyl adjacent to an activating group) is 2. The van der Waals surface area contributed by atoms with Crippen molar-refractivity contribution in [1.82, 2.24) is 9.21 Å². The fourth-order valence-electron chi connectivity index (χ4n) is 2.82. The van der Waals surface area contributed by atoms with E-state index >= 15 is 0 Å². The molecule has 0 bridgehead atoms. The predicted octanol–water partition coefficient (Wildman–Crippen LogP) is 2.90. The molecule has 7 heteroatoms. The Morgan fingerprint density at radius 2 is 2.24 bits per heavy atom. The van der Waals surface area contributed by atoms with E-state index in [0.717, 1.165) is 36.4 Å². The van der Waals surface area contributed by atoms with Crippen LogP contribution in [0.5, 0.6) is 0 Å². The van der Waals surface area contributed by atoms with Crippen LogP contribution in [0.1, 0.15) is 30.2 Å². The molecule has 1 aromatic heterocycles. The van der Waals surface area contributed by atoms with Crippen LogP contribution >= 0.6 is 22.9 Å². The normalized spacial score (nSPS) is 20.5. The van der Waals surface area contributed by atoms with Gasteiger partial charge in [-0.3, -0.25) is 4.90 Å². The van der Waals surface area contributed by atoms with Gasteiger partial charge in [0.15, 0.2) is 0 Å². The number of hydrogen-bond acceptors (Lipinski definition) is 4. The Balaban J connectivity index is 2.14. The third-order valence-corrected chi connectivity index (χ3v) is 8.09. The molecule has 1 saturated heterocycles. The maximum atomic E-state index is 12.7. The van der Waals surface area contributed by atoms with Crippen LogP contribution < -0.4 is 0 Å².